The highest BCUT2D eigenvalue weighted by molar-refractivity contribution is 5.53. The number of rotatable bonds is 4. The van der Waals surface area contributed by atoms with E-state index < -0.39 is 0 Å². The fourth-order valence-corrected chi connectivity index (χ4v) is 1.85. The minimum Gasteiger partial charge on any atom is -0.350 e. The highest BCUT2D eigenvalue weighted by Gasteiger charge is 2.20. The summed E-state index contributed by atoms with van der Waals surface area (Å²) < 4.78 is 2.11. The molecule has 72 valence electrons. The van der Waals surface area contributed by atoms with Crippen LogP contribution in [0.3, 0.4) is 0 Å². The Balaban J connectivity index is 2.86. The summed E-state index contributed by atoms with van der Waals surface area (Å²) in [6, 6.07) is 4.27. The van der Waals surface area contributed by atoms with Crippen LogP contribution in [-0.4, -0.2) is 10.9 Å². The maximum atomic E-state index is 10.7. The van der Waals surface area contributed by atoms with Crippen molar-refractivity contribution in [3.63, 3.8) is 0 Å². The van der Waals surface area contributed by atoms with Crippen molar-refractivity contribution < 1.29 is 4.79 Å². The molecule has 2 atom stereocenters. The van der Waals surface area contributed by atoms with Crippen molar-refractivity contribution in [2.24, 2.45) is 11.8 Å². The monoisotopic (exact) mass is 179 g/mol. The average Bonchev–Trinajstić information content (AvgIpc) is 2.56. The molecule has 1 rings (SSSR count). The zero-order valence-electron chi connectivity index (χ0n) is 8.47. The number of hydrogen-bond acceptors (Lipinski definition) is 1. The van der Waals surface area contributed by atoms with Gasteiger partial charge in [-0.05, 0) is 18.1 Å². The van der Waals surface area contributed by atoms with E-state index in [1.54, 1.807) is 0 Å². The van der Waals surface area contributed by atoms with Crippen LogP contribution >= 0.6 is 0 Å². The number of aldehydes is 1. The first kappa shape index (κ1) is 10.0. The van der Waals surface area contributed by atoms with E-state index in [9.17, 15) is 4.79 Å². The maximum Gasteiger partial charge on any atom is 0.124 e. The summed E-state index contributed by atoms with van der Waals surface area (Å²) in [5.74, 6) is 0.556. The van der Waals surface area contributed by atoms with Crippen molar-refractivity contribution in [3.8, 4) is 0 Å². The van der Waals surface area contributed by atoms with E-state index in [-0.39, 0.29) is 12.0 Å². The molecule has 1 aromatic rings. The van der Waals surface area contributed by atoms with Crippen molar-refractivity contribution in [3.05, 3.63) is 24.5 Å². The molecule has 0 bridgehead atoms. The third kappa shape index (κ3) is 2.20. The Morgan fingerprint density at radius 1 is 1.15 bits per heavy atom. The van der Waals surface area contributed by atoms with Crippen LogP contribution in [0.15, 0.2) is 24.5 Å². The second-order valence-electron chi connectivity index (χ2n) is 3.86. The van der Waals surface area contributed by atoms with E-state index in [1.165, 1.54) is 0 Å². The molecule has 0 aliphatic carbocycles. The first-order valence-corrected chi connectivity index (χ1v) is 4.74. The van der Waals surface area contributed by atoms with Crippen molar-refractivity contribution in [1.82, 2.24) is 4.57 Å². The minimum absolute atomic E-state index is 0.0763. The molecule has 0 radical (unpaired) electrons. The number of nitrogens with zero attached hydrogens (tertiary/aromatic N) is 1. The van der Waals surface area contributed by atoms with Gasteiger partial charge in [-0.1, -0.05) is 20.8 Å². The molecule has 0 aliphatic heterocycles. The van der Waals surface area contributed by atoms with E-state index in [1.807, 2.05) is 31.5 Å². The van der Waals surface area contributed by atoms with Gasteiger partial charge in [0.25, 0.3) is 0 Å². The lowest BCUT2D eigenvalue weighted by Gasteiger charge is -2.25. The quantitative estimate of drug-likeness (QED) is 0.651. The fraction of sp³-hybridized carbons (Fsp3) is 0.545. The lowest BCUT2D eigenvalue weighted by Crippen LogP contribution is -2.22. The summed E-state index contributed by atoms with van der Waals surface area (Å²) in [5.41, 5.74) is 0. The highest BCUT2D eigenvalue weighted by atomic mass is 16.1. The second kappa shape index (κ2) is 4.26. The molecule has 0 spiro atoms. The van der Waals surface area contributed by atoms with Gasteiger partial charge in [-0.3, -0.25) is 0 Å². The second-order valence-corrected chi connectivity index (χ2v) is 3.86. The van der Waals surface area contributed by atoms with E-state index in [2.05, 4.69) is 18.4 Å². The zero-order valence-corrected chi connectivity index (χ0v) is 8.47. The molecule has 2 heteroatoms. The molecule has 13 heavy (non-hydrogen) atoms. The Kier molecular flexibility index (Phi) is 3.29. The predicted molar refractivity (Wildman–Crippen MR) is 53.5 cm³/mol. The van der Waals surface area contributed by atoms with Gasteiger partial charge in [-0.2, -0.15) is 0 Å². The smallest absolute Gasteiger partial charge is 0.124 e. The van der Waals surface area contributed by atoms with Crippen molar-refractivity contribution >= 4 is 6.29 Å². The Morgan fingerprint density at radius 3 is 2.08 bits per heavy atom. The molecular formula is C11H17NO. The molecule has 0 fully saturated rings. The summed E-state index contributed by atoms with van der Waals surface area (Å²) in [6.07, 6.45) is 5.07. The zero-order chi connectivity index (χ0) is 9.84. The third-order valence-corrected chi connectivity index (χ3v) is 2.41. The van der Waals surface area contributed by atoms with Crippen LogP contribution in [-0.2, 0) is 4.79 Å². The van der Waals surface area contributed by atoms with Crippen molar-refractivity contribution in [1.29, 1.82) is 0 Å². The molecule has 0 aliphatic rings. The van der Waals surface area contributed by atoms with Gasteiger partial charge in [0.1, 0.15) is 6.29 Å². The summed E-state index contributed by atoms with van der Waals surface area (Å²) >= 11 is 0. The number of carbonyl (C=O) groups is 1. The molecule has 0 saturated carbocycles. The molecule has 2 nitrogen and oxygen atoms in total. The molecule has 1 aromatic heterocycles. The summed E-state index contributed by atoms with van der Waals surface area (Å²) in [4.78, 5) is 10.7. The van der Waals surface area contributed by atoms with Gasteiger partial charge in [0.15, 0.2) is 0 Å². The van der Waals surface area contributed by atoms with Crippen molar-refractivity contribution in [2.75, 3.05) is 0 Å². The molecule has 2 unspecified atom stereocenters. The van der Waals surface area contributed by atoms with E-state index >= 15 is 0 Å². The first-order valence-electron chi connectivity index (χ1n) is 4.74. The average molecular weight is 179 g/mol. The normalized spacial score (nSPS) is 15.7. The molecular weight excluding hydrogens is 162 g/mol. The van der Waals surface area contributed by atoms with Crippen molar-refractivity contribution in [2.45, 2.75) is 26.8 Å². The van der Waals surface area contributed by atoms with Gasteiger partial charge in [0.05, 0.1) is 0 Å². The van der Waals surface area contributed by atoms with Gasteiger partial charge < -0.3 is 9.36 Å². The van der Waals surface area contributed by atoms with Crippen LogP contribution in [0.4, 0.5) is 0 Å². The predicted octanol–water partition coefficient (Wildman–Crippen LogP) is 2.52. The molecule has 0 amide bonds. The first-order chi connectivity index (χ1) is 6.16. The Bertz CT molecular complexity index is 251. The molecule has 0 aromatic carbocycles. The standard InChI is InChI=1S/C11H17NO/c1-9(2)11(10(3)8-13)12-6-4-5-7-12/h4-11H,1-3H3. The van der Waals surface area contributed by atoms with E-state index in [0.29, 0.717) is 5.92 Å². The topological polar surface area (TPSA) is 22.0 Å². The maximum absolute atomic E-state index is 10.7. The van der Waals surface area contributed by atoms with Gasteiger partial charge >= 0.3 is 0 Å². The van der Waals surface area contributed by atoms with Gasteiger partial charge in [-0.15, -0.1) is 0 Å². The summed E-state index contributed by atoms with van der Waals surface area (Å²) in [7, 11) is 0. The Labute approximate surface area is 79.6 Å². The number of hydrogen-bond donors (Lipinski definition) is 0. The highest BCUT2D eigenvalue weighted by Crippen LogP contribution is 2.24. The fourth-order valence-electron chi connectivity index (χ4n) is 1.85. The van der Waals surface area contributed by atoms with Crippen LogP contribution in [0.5, 0.6) is 0 Å². The Morgan fingerprint density at radius 2 is 1.69 bits per heavy atom. The van der Waals surface area contributed by atoms with E-state index in [0.717, 1.165) is 6.29 Å². The van der Waals surface area contributed by atoms with E-state index in [4.69, 9.17) is 0 Å². The van der Waals surface area contributed by atoms with Gasteiger partial charge in [0, 0.05) is 24.4 Å². The third-order valence-electron chi connectivity index (χ3n) is 2.41. The SMILES string of the molecule is CC(C)C(C(C)C=O)n1cccc1. The van der Waals surface area contributed by atoms with Crippen LogP contribution in [0.1, 0.15) is 26.8 Å². The summed E-state index contributed by atoms with van der Waals surface area (Å²) in [6.45, 7) is 6.26. The van der Waals surface area contributed by atoms with Crippen LogP contribution < -0.4 is 0 Å². The largest absolute Gasteiger partial charge is 0.350 e. The number of aromatic nitrogens is 1. The molecule has 1 heterocycles. The lowest BCUT2D eigenvalue weighted by atomic mass is 9.93. The van der Waals surface area contributed by atoms with Gasteiger partial charge in [-0.25, -0.2) is 0 Å². The number of carbonyl (C=O) groups excluding carboxylic acids is 1. The molecule has 0 N–H and O–H groups in total. The lowest BCUT2D eigenvalue weighted by molar-refractivity contribution is -0.112. The summed E-state index contributed by atoms with van der Waals surface area (Å²) in [5, 5.41) is 0. The Hall–Kier alpha value is -1.05. The van der Waals surface area contributed by atoms with Crippen LogP contribution in [0.25, 0.3) is 0 Å². The van der Waals surface area contributed by atoms with Gasteiger partial charge in [0.2, 0.25) is 0 Å². The molecule has 0 saturated heterocycles. The minimum atomic E-state index is 0.0763. The van der Waals surface area contributed by atoms with Crippen LogP contribution in [0.2, 0.25) is 0 Å². The van der Waals surface area contributed by atoms with Crippen LogP contribution in [0, 0.1) is 11.8 Å².